The van der Waals surface area contributed by atoms with Gasteiger partial charge in [-0.1, -0.05) is 37.0 Å². The summed E-state index contributed by atoms with van der Waals surface area (Å²) in [5, 5.41) is 3.14. The molecule has 1 N–H and O–H groups in total. The molecule has 1 heterocycles. The van der Waals surface area contributed by atoms with Crippen molar-refractivity contribution in [2.24, 2.45) is 11.8 Å². The van der Waals surface area contributed by atoms with Crippen LogP contribution < -0.4 is 5.32 Å². The van der Waals surface area contributed by atoms with Gasteiger partial charge in [-0.05, 0) is 43.4 Å². The number of benzene rings is 1. The molecule has 1 aliphatic rings. The number of nitrogens with one attached hydrogen (secondary N) is 1. The third kappa shape index (κ3) is 6.01. The zero-order valence-electron chi connectivity index (χ0n) is 15.7. The molecule has 1 aliphatic heterocycles. The van der Waals surface area contributed by atoms with Gasteiger partial charge in [-0.2, -0.15) is 13.2 Å². The highest BCUT2D eigenvalue weighted by atomic mass is 35.5. The van der Waals surface area contributed by atoms with Crippen LogP contribution in [0.3, 0.4) is 0 Å². The normalized spacial score (nSPS) is 18.9. The Morgan fingerprint density at radius 2 is 1.96 bits per heavy atom. The van der Waals surface area contributed by atoms with E-state index < -0.39 is 30.0 Å². The molecule has 1 aromatic rings. The third-order valence-corrected chi connectivity index (χ3v) is 5.23. The number of likely N-dealkylation sites (tertiary alicyclic amines) is 1. The van der Waals surface area contributed by atoms with Crippen LogP contribution in [0.5, 0.6) is 0 Å². The number of amides is 2. The molecule has 1 aromatic carbocycles. The number of carbonyl (C=O) groups is 2. The fourth-order valence-corrected chi connectivity index (χ4v) is 3.76. The van der Waals surface area contributed by atoms with Crippen molar-refractivity contribution in [2.75, 3.05) is 13.1 Å². The van der Waals surface area contributed by atoms with E-state index in [0.29, 0.717) is 11.4 Å². The van der Waals surface area contributed by atoms with E-state index in [9.17, 15) is 22.8 Å². The minimum absolute atomic E-state index is 0.00880. The summed E-state index contributed by atoms with van der Waals surface area (Å²) in [5.74, 6) is -2.55. The Kier molecular flexibility index (Phi) is 7.62. The molecular formula is C19H23Cl2F3N2O2. The fourth-order valence-electron chi connectivity index (χ4n) is 3.27. The number of alkyl halides is 3. The van der Waals surface area contributed by atoms with Crippen LogP contribution in [0.25, 0.3) is 0 Å². The Morgan fingerprint density at radius 3 is 2.54 bits per heavy atom. The SMILES string of the molecule is CC(C)CC(NC(=O)c1ccc(Cl)cc1Cl)C(=O)N1CCCC(C(F)(F)F)C1. The molecule has 2 amide bonds. The van der Waals surface area contributed by atoms with Crippen molar-refractivity contribution >= 4 is 35.0 Å². The van der Waals surface area contributed by atoms with Crippen molar-refractivity contribution < 1.29 is 22.8 Å². The summed E-state index contributed by atoms with van der Waals surface area (Å²) in [7, 11) is 0. The molecule has 0 radical (unpaired) electrons. The largest absolute Gasteiger partial charge is 0.393 e. The quantitative estimate of drug-likeness (QED) is 0.707. The lowest BCUT2D eigenvalue weighted by molar-refractivity contribution is -0.188. The Hall–Kier alpha value is -1.47. The number of carbonyl (C=O) groups excluding carboxylic acids is 2. The molecule has 0 aliphatic carbocycles. The summed E-state index contributed by atoms with van der Waals surface area (Å²) in [6.07, 6.45) is -3.74. The Morgan fingerprint density at radius 1 is 1.29 bits per heavy atom. The second-order valence-corrected chi connectivity index (χ2v) is 8.29. The highest BCUT2D eigenvalue weighted by Gasteiger charge is 2.43. The van der Waals surface area contributed by atoms with Crippen LogP contribution in [-0.2, 0) is 4.79 Å². The number of nitrogens with zero attached hydrogens (tertiary/aromatic N) is 1. The molecule has 9 heteroatoms. The zero-order valence-corrected chi connectivity index (χ0v) is 17.2. The van der Waals surface area contributed by atoms with Crippen LogP contribution in [0, 0.1) is 11.8 Å². The van der Waals surface area contributed by atoms with Crippen LogP contribution in [0.15, 0.2) is 18.2 Å². The molecule has 2 rings (SSSR count). The fraction of sp³-hybridized carbons (Fsp3) is 0.579. The zero-order chi connectivity index (χ0) is 21.1. The van der Waals surface area contributed by atoms with E-state index in [4.69, 9.17) is 23.2 Å². The summed E-state index contributed by atoms with van der Waals surface area (Å²) < 4.78 is 39.2. The number of hydrogen-bond donors (Lipinski definition) is 1. The number of rotatable bonds is 5. The van der Waals surface area contributed by atoms with E-state index >= 15 is 0 Å². The molecule has 28 heavy (non-hydrogen) atoms. The van der Waals surface area contributed by atoms with Gasteiger partial charge < -0.3 is 10.2 Å². The molecule has 2 atom stereocenters. The van der Waals surface area contributed by atoms with Gasteiger partial charge in [0, 0.05) is 18.1 Å². The van der Waals surface area contributed by atoms with Gasteiger partial charge >= 0.3 is 6.18 Å². The predicted molar refractivity (Wildman–Crippen MR) is 103 cm³/mol. The molecule has 0 aromatic heterocycles. The lowest BCUT2D eigenvalue weighted by Gasteiger charge is -2.36. The van der Waals surface area contributed by atoms with Crippen molar-refractivity contribution in [1.29, 1.82) is 0 Å². The minimum atomic E-state index is -4.34. The van der Waals surface area contributed by atoms with Gasteiger partial charge in [-0.25, -0.2) is 0 Å². The second-order valence-electron chi connectivity index (χ2n) is 7.44. The molecule has 1 fully saturated rings. The highest BCUT2D eigenvalue weighted by Crippen LogP contribution is 2.33. The molecule has 0 bridgehead atoms. The van der Waals surface area contributed by atoms with E-state index in [1.54, 1.807) is 0 Å². The number of hydrogen-bond acceptors (Lipinski definition) is 2. The van der Waals surface area contributed by atoms with Crippen LogP contribution in [0.2, 0.25) is 10.0 Å². The monoisotopic (exact) mass is 438 g/mol. The van der Waals surface area contributed by atoms with Crippen molar-refractivity contribution in [2.45, 2.75) is 45.3 Å². The van der Waals surface area contributed by atoms with Gasteiger partial charge in [-0.15, -0.1) is 0 Å². The number of halogens is 5. The first-order chi connectivity index (χ1) is 13.0. The van der Waals surface area contributed by atoms with Gasteiger partial charge in [0.1, 0.15) is 6.04 Å². The first-order valence-electron chi connectivity index (χ1n) is 9.10. The maximum Gasteiger partial charge on any atom is 0.393 e. The van der Waals surface area contributed by atoms with Gasteiger partial charge in [0.05, 0.1) is 16.5 Å². The predicted octanol–water partition coefficient (Wildman–Crippen LogP) is 4.94. The van der Waals surface area contributed by atoms with E-state index in [0.717, 1.165) is 0 Å². The maximum atomic E-state index is 13.1. The average molecular weight is 439 g/mol. The first-order valence-corrected chi connectivity index (χ1v) is 9.86. The van der Waals surface area contributed by atoms with E-state index in [2.05, 4.69) is 5.32 Å². The third-order valence-electron chi connectivity index (χ3n) is 4.68. The maximum absolute atomic E-state index is 13.1. The summed E-state index contributed by atoms with van der Waals surface area (Å²) in [4.78, 5) is 26.7. The molecule has 156 valence electrons. The smallest absolute Gasteiger partial charge is 0.340 e. The average Bonchev–Trinajstić information content (AvgIpc) is 2.59. The number of piperidine rings is 1. The molecular weight excluding hydrogens is 416 g/mol. The Balaban J connectivity index is 2.16. The standard InChI is InChI=1S/C19H23Cl2F3N2O2/c1-11(2)8-16(25-17(27)14-6-5-13(20)9-15(14)21)18(28)26-7-3-4-12(10-26)19(22,23)24/h5-6,9,11-12,16H,3-4,7-8,10H2,1-2H3,(H,25,27). The Bertz CT molecular complexity index is 726. The molecule has 1 saturated heterocycles. The lowest BCUT2D eigenvalue weighted by atomic mass is 9.95. The summed E-state index contributed by atoms with van der Waals surface area (Å²) in [5.41, 5.74) is 0.152. The highest BCUT2D eigenvalue weighted by molar-refractivity contribution is 6.36. The molecule has 0 spiro atoms. The molecule has 0 saturated carbocycles. The van der Waals surface area contributed by atoms with Gasteiger partial charge in [0.25, 0.3) is 5.91 Å². The summed E-state index contributed by atoms with van der Waals surface area (Å²) in [6, 6.07) is 3.43. The van der Waals surface area contributed by atoms with Crippen LogP contribution in [0.1, 0.15) is 43.5 Å². The molecule has 4 nitrogen and oxygen atoms in total. The van der Waals surface area contributed by atoms with Crippen molar-refractivity contribution in [3.63, 3.8) is 0 Å². The first kappa shape index (κ1) is 22.8. The van der Waals surface area contributed by atoms with Crippen LogP contribution in [-0.4, -0.2) is 42.0 Å². The summed E-state index contributed by atoms with van der Waals surface area (Å²) >= 11 is 11.9. The van der Waals surface area contributed by atoms with Crippen LogP contribution >= 0.6 is 23.2 Å². The van der Waals surface area contributed by atoms with E-state index in [-0.39, 0.29) is 42.4 Å². The van der Waals surface area contributed by atoms with E-state index in [1.807, 2.05) is 13.8 Å². The Labute approximate surface area is 172 Å². The van der Waals surface area contributed by atoms with Crippen molar-refractivity contribution in [1.82, 2.24) is 10.2 Å². The molecule has 2 unspecified atom stereocenters. The van der Waals surface area contributed by atoms with Gasteiger partial charge in [0.2, 0.25) is 5.91 Å². The topological polar surface area (TPSA) is 49.4 Å². The van der Waals surface area contributed by atoms with Gasteiger partial charge in [-0.3, -0.25) is 9.59 Å². The van der Waals surface area contributed by atoms with E-state index in [1.165, 1.54) is 23.1 Å². The van der Waals surface area contributed by atoms with Crippen LogP contribution in [0.4, 0.5) is 13.2 Å². The second kappa shape index (κ2) is 9.35. The van der Waals surface area contributed by atoms with Crippen molar-refractivity contribution in [3.8, 4) is 0 Å². The van der Waals surface area contributed by atoms with Crippen molar-refractivity contribution in [3.05, 3.63) is 33.8 Å². The summed E-state index contributed by atoms with van der Waals surface area (Å²) in [6.45, 7) is 3.61. The van der Waals surface area contributed by atoms with Gasteiger partial charge in [0.15, 0.2) is 0 Å². The minimum Gasteiger partial charge on any atom is -0.340 e. The lowest BCUT2D eigenvalue weighted by Crippen LogP contribution is -2.53.